The van der Waals surface area contributed by atoms with Crippen LogP contribution < -0.4 is 16.4 Å². The van der Waals surface area contributed by atoms with Gasteiger partial charge in [0.2, 0.25) is 17.8 Å². The van der Waals surface area contributed by atoms with Crippen molar-refractivity contribution in [2.45, 2.75) is 19.8 Å². The van der Waals surface area contributed by atoms with E-state index in [0.29, 0.717) is 24.4 Å². The highest BCUT2D eigenvalue weighted by Gasteiger charge is 2.08. The molecule has 0 unspecified atom stereocenters. The summed E-state index contributed by atoms with van der Waals surface area (Å²) in [6.45, 7) is 3.13. The minimum absolute atomic E-state index is 0.196. The third-order valence-electron chi connectivity index (χ3n) is 2.43. The van der Waals surface area contributed by atoms with Gasteiger partial charge < -0.3 is 16.4 Å². The Kier molecular flexibility index (Phi) is 4.96. The molecule has 0 spiro atoms. The summed E-state index contributed by atoms with van der Waals surface area (Å²) >= 11 is 0. The molecule has 0 aliphatic rings. The van der Waals surface area contributed by atoms with Crippen LogP contribution >= 0.6 is 0 Å². The Labute approximate surface area is 121 Å². The van der Waals surface area contributed by atoms with Crippen molar-refractivity contribution in [1.29, 1.82) is 0 Å². The number of anilines is 2. The number of carbonyl (C=O) groups excluding carboxylic acids is 1. The van der Waals surface area contributed by atoms with Crippen molar-refractivity contribution >= 4 is 17.8 Å². The molecule has 1 amide bonds. The van der Waals surface area contributed by atoms with Crippen LogP contribution in [0.2, 0.25) is 0 Å². The third kappa shape index (κ3) is 4.37. The van der Waals surface area contributed by atoms with Crippen molar-refractivity contribution in [2.24, 2.45) is 5.73 Å². The fourth-order valence-corrected chi connectivity index (χ4v) is 1.47. The van der Waals surface area contributed by atoms with Gasteiger partial charge in [0.15, 0.2) is 0 Å². The van der Waals surface area contributed by atoms with Crippen LogP contribution in [0.4, 0.5) is 11.9 Å². The Morgan fingerprint density at radius 3 is 2.52 bits per heavy atom. The molecule has 0 aliphatic carbocycles. The van der Waals surface area contributed by atoms with Crippen molar-refractivity contribution in [3.63, 3.8) is 0 Å². The number of hydrogen-bond acceptors (Lipinski definition) is 8. The number of hydrogen-bond donors (Lipinski definition) is 3. The Morgan fingerprint density at radius 2 is 1.95 bits per heavy atom. The molecule has 0 aromatic carbocycles. The van der Waals surface area contributed by atoms with E-state index in [0.717, 1.165) is 13.0 Å². The largest absolute Gasteiger partial charge is 0.370 e. The number of rotatable bonds is 8. The summed E-state index contributed by atoms with van der Waals surface area (Å²) in [4.78, 5) is 27.3. The Morgan fingerprint density at radius 1 is 1.24 bits per heavy atom. The Balaban J connectivity index is 2.18. The zero-order valence-corrected chi connectivity index (χ0v) is 11.7. The van der Waals surface area contributed by atoms with Crippen molar-refractivity contribution in [3.8, 4) is 5.95 Å². The van der Waals surface area contributed by atoms with Crippen LogP contribution in [0.5, 0.6) is 0 Å². The molecular formula is C11H17N9O. The van der Waals surface area contributed by atoms with Gasteiger partial charge >= 0.3 is 0 Å². The zero-order valence-electron chi connectivity index (χ0n) is 11.7. The fraction of sp³-hybridized carbons (Fsp3) is 0.455. The number of primary amides is 1. The van der Waals surface area contributed by atoms with Gasteiger partial charge in [0.05, 0.1) is 0 Å². The lowest BCUT2D eigenvalue weighted by molar-refractivity contribution is -0.117. The van der Waals surface area contributed by atoms with Gasteiger partial charge in [0, 0.05) is 19.5 Å². The van der Waals surface area contributed by atoms with Crippen molar-refractivity contribution in [2.75, 3.05) is 23.7 Å². The number of amides is 1. The summed E-state index contributed by atoms with van der Waals surface area (Å²) in [7, 11) is 0. The minimum atomic E-state index is -0.391. The van der Waals surface area contributed by atoms with Crippen molar-refractivity contribution in [3.05, 3.63) is 12.7 Å². The van der Waals surface area contributed by atoms with E-state index in [2.05, 4.69) is 35.7 Å². The van der Waals surface area contributed by atoms with Crippen LogP contribution in [0.25, 0.3) is 5.95 Å². The summed E-state index contributed by atoms with van der Waals surface area (Å²) in [5.41, 5.74) is 5.09. The van der Waals surface area contributed by atoms with Crippen LogP contribution in [0.1, 0.15) is 19.8 Å². The van der Waals surface area contributed by atoms with Gasteiger partial charge in [-0.15, -0.1) is 0 Å². The average molecular weight is 291 g/mol. The quantitative estimate of drug-likeness (QED) is 0.595. The van der Waals surface area contributed by atoms with E-state index >= 15 is 0 Å². The van der Waals surface area contributed by atoms with Gasteiger partial charge in [-0.2, -0.15) is 24.7 Å². The SMILES string of the molecule is CCCNc1nc(NCCC(N)=O)nc(-n2cncn2)n1. The van der Waals surface area contributed by atoms with Crippen LogP contribution in [0, 0.1) is 0 Å². The predicted molar refractivity (Wildman–Crippen MR) is 75.8 cm³/mol. The zero-order chi connectivity index (χ0) is 15.1. The second kappa shape index (κ2) is 7.12. The van der Waals surface area contributed by atoms with E-state index in [4.69, 9.17) is 5.73 Å². The molecule has 10 nitrogen and oxygen atoms in total. The first-order valence-corrected chi connectivity index (χ1v) is 6.56. The molecule has 2 aromatic heterocycles. The van der Waals surface area contributed by atoms with Crippen LogP contribution in [-0.2, 0) is 4.79 Å². The standard InChI is InChI=1S/C11H17N9O/c1-2-4-14-9-17-10(15-5-3-8(12)21)19-11(18-9)20-7-13-6-16-20/h6-7H,2-5H2,1H3,(H2,12,21)(H2,14,15,17,18,19). The first kappa shape index (κ1) is 14.6. The lowest BCUT2D eigenvalue weighted by Gasteiger charge is -2.09. The summed E-state index contributed by atoms with van der Waals surface area (Å²) in [6, 6.07) is 0. The first-order valence-electron chi connectivity index (χ1n) is 6.56. The lowest BCUT2D eigenvalue weighted by atomic mass is 10.4. The third-order valence-corrected chi connectivity index (χ3v) is 2.43. The number of nitrogens with zero attached hydrogens (tertiary/aromatic N) is 6. The summed E-state index contributed by atoms with van der Waals surface area (Å²) in [5.74, 6) is 0.717. The molecule has 2 heterocycles. The lowest BCUT2D eigenvalue weighted by Crippen LogP contribution is -2.18. The first-order chi connectivity index (χ1) is 10.2. The maximum Gasteiger partial charge on any atom is 0.258 e. The molecule has 4 N–H and O–H groups in total. The number of nitrogens with one attached hydrogen (secondary N) is 2. The molecule has 21 heavy (non-hydrogen) atoms. The van der Waals surface area contributed by atoms with Crippen molar-refractivity contribution in [1.82, 2.24) is 29.7 Å². The molecule has 0 radical (unpaired) electrons. The predicted octanol–water partition coefficient (Wildman–Crippen LogP) is -0.438. The molecule has 0 aliphatic heterocycles. The van der Waals surface area contributed by atoms with E-state index in [1.807, 2.05) is 6.92 Å². The second-order valence-corrected chi connectivity index (χ2v) is 4.19. The molecule has 2 aromatic rings. The maximum atomic E-state index is 10.7. The number of nitrogens with two attached hydrogens (primary N) is 1. The molecule has 0 bridgehead atoms. The van der Waals surface area contributed by atoms with Gasteiger partial charge in [-0.1, -0.05) is 6.92 Å². The van der Waals surface area contributed by atoms with Crippen LogP contribution in [0.15, 0.2) is 12.7 Å². The van der Waals surface area contributed by atoms with Crippen LogP contribution in [-0.4, -0.2) is 48.7 Å². The van der Waals surface area contributed by atoms with Gasteiger partial charge in [-0.25, -0.2) is 4.98 Å². The smallest absolute Gasteiger partial charge is 0.258 e. The van der Waals surface area contributed by atoms with E-state index in [-0.39, 0.29) is 6.42 Å². The van der Waals surface area contributed by atoms with Gasteiger partial charge in [0.25, 0.3) is 5.95 Å². The van der Waals surface area contributed by atoms with E-state index < -0.39 is 5.91 Å². The molecule has 0 saturated heterocycles. The Bertz CT molecular complexity index is 583. The highest BCUT2D eigenvalue weighted by Crippen LogP contribution is 2.08. The average Bonchev–Trinajstić information content (AvgIpc) is 2.99. The van der Waals surface area contributed by atoms with E-state index in [9.17, 15) is 4.79 Å². The Hall–Kier alpha value is -2.78. The highest BCUT2D eigenvalue weighted by atomic mass is 16.1. The van der Waals surface area contributed by atoms with Crippen molar-refractivity contribution < 1.29 is 4.79 Å². The maximum absolute atomic E-state index is 10.7. The molecule has 112 valence electrons. The molecule has 2 rings (SSSR count). The topological polar surface area (TPSA) is 137 Å². The van der Waals surface area contributed by atoms with Gasteiger partial charge in [-0.3, -0.25) is 4.79 Å². The minimum Gasteiger partial charge on any atom is -0.370 e. The molecule has 0 saturated carbocycles. The van der Waals surface area contributed by atoms with E-state index in [1.165, 1.54) is 17.3 Å². The second-order valence-electron chi connectivity index (χ2n) is 4.19. The molecule has 10 heteroatoms. The fourth-order valence-electron chi connectivity index (χ4n) is 1.47. The van der Waals surface area contributed by atoms with Crippen LogP contribution in [0.3, 0.4) is 0 Å². The molecule has 0 fully saturated rings. The normalized spacial score (nSPS) is 10.3. The number of aromatic nitrogens is 6. The highest BCUT2D eigenvalue weighted by molar-refractivity contribution is 5.74. The monoisotopic (exact) mass is 291 g/mol. The summed E-state index contributed by atoms with van der Waals surface area (Å²) in [6.07, 6.45) is 4.02. The number of carbonyl (C=O) groups is 1. The summed E-state index contributed by atoms with van der Waals surface area (Å²) < 4.78 is 1.43. The van der Waals surface area contributed by atoms with E-state index in [1.54, 1.807) is 0 Å². The summed E-state index contributed by atoms with van der Waals surface area (Å²) in [5, 5.41) is 9.99. The van der Waals surface area contributed by atoms with Gasteiger partial charge in [0.1, 0.15) is 12.7 Å². The molecule has 0 atom stereocenters. The molecular weight excluding hydrogens is 274 g/mol. The van der Waals surface area contributed by atoms with Gasteiger partial charge in [-0.05, 0) is 6.42 Å².